The van der Waals surface area contributed by atoms with Crippen LogP contribution in [-0.2, 0) is 14.3 Å². The van der Waals surface area contributed by atoms with E-state index in [0.717, 1.165) is 0 Å². The molecule has 0 bridgehead atoms. The molecule has 10 heteroatoms. The number of hydrogen-bond acceptors (Lipinski definition) is 5. The van der Waals surface area contributed by atoms with Crippen molar-refractivity contribution in [1.82, 2.24) is 21.3 Å². The Morgan fingerprint density at radius 1 is 1.04 bits per heavy atom. The molecule has 0 unspecified atom stereocenters. The summed E-state index contributed by atoms with van der Waals surface area (Å²) in [6, 6.07) is 0. The van der Waals surface area contributed by atoms with E-state index in [1.807, 2.05) is 34.6 Å². The van der Waals surface area contributed by atoms with Gasteiger partial charge in [-0.1, -0.05) is 13.8 Å². The molecular formula is C18H38IN5O4. The van der Waals surface area contributed by atoms with Crippen LogP contribution in [0, 0.1) is 0 Å². The summed E-state index contributed by atoms with van der Waals surface area (Å²) in [6.45, 7) is 10.9. The van der Waals surface area contributed by atoms with Crippen LogP contribution in [0.5, 0.6) is 0 Å². The van der Waals surface area contributed by atoms with E-state index in [0.29, 0.717) is 38.5 Å². The highest BCUT2D eigenvalue weighted by molar-refractivity contribution is 14.0. The normalized spacial score (nSPS) is 11.9. The van der Waals surface area contributed by atoms with Crippen molar-refractivity contribution in [3.63, 3.8) is 0 Å². The summed E-state index contributed by atoms with van der Waals surface area (Å²) < 4.78 is 10.3. The van der Waals surface area contributed by atoms with E-state index in [-0.39, 0.29) is 36.4 Å². The van der Waals surface area contributed by atoms with E-state index < -0.39 is 17.2 Å². The van der Waals surface area contributed by atoms with Gasteiger partial charge in [-0.05, 0) is 33.6 Å². The number of carbonyl (C=O) groups is 2. The molecule has 0 spiro atoms. The van der Waals surface area contributed by atoms with Gasteiger partial charge in [0.05, 0.1) is 18.7 Å². The number of guanidine groups is 1. The van der Waals surface area contributed by atoms with Crippen molar-refractivity contribution >= 4 is 41.9 Å². The smallest absolute Gasteiger partial charge is 0.408 e. The molecule has 4 N–H and O–H groups in total. The maximum absolute atomic E-state index is 12.2. The topological polar surface area (TPSA) is 113 Å². The van der Waals surface area contributed by atoms with Gasteiger partial charge in [0.25, 0.3) is 0 Å². The summed E-state index contributed by atoms with van der Waals surface area (Å²) in [5.41, 5.74) is -1.04. The first-order chi connectivity index (χ1) is 12.6. The maximum atomic E-state index is 12.2. The van der Waals surface area contributed by atoms with Gasteiger partial charge in [-0.3, -0.25) is 9.79 Å². The van der Waals surface area contributed by atoms with E-state index in [1.165, 1.54) is 0 Å². The molecular weight excluding hydrogens is 477 g/mol. The van der Waals surface area contributed by atoms with Crippen molar-refractivity contribution in [2.24, 2.45) is 4.99 Å². The average Bonchev–Trinajstić information content (AvgIpc) is 2.59. The SMILES string of the molecule is CCC(CC)(CNC(=NC)NCC(=O)NCCOC)NC(=O)OC(C)(C)C.I. The fourth-order valence-electron chi connectivity index (χ4n) is 2.23. The fraction of sp³-hybridized carbons (Fsp3) is 0.833. The zero-order valence-electron chi connectivity index (χ0n) is 18.2. The zero-order valence-corrected chi connectivity index (χ0v) is 20.6. The summed E-state index contributed by atoms with van der Waals surface area (Å²) in [4.78, 5) is 28.0. The van der Waals surface area contributed by atoms with Crippen LogP contribution in [0.3, 0.4) is 0 Å². The molecule has 2 amide bonds. The molecule has 0 aromatic heterocycles. The van der Waals surface area contributed by atoms with Crippen molar-refractivity contribution < 1.29 is 19.1 Å². The number of hydrogen-bond donors (Lipinski definition) is 4. The third kappa shape index (κ3) is 13.0. The molecule has 0 radical (unpaired) electrons. The first kappa shape index (κ1) is 28.9. The van der Waals surface area contributed by atoms with Crippen molar-refractivity contribution in [2.45, 2.75) is 58.6 Å². The Bertz CT molecular complexity index is 491. The van der Waals surface area contributed by atoms with Gasteiger partial charge in [-0.25, -0.2) is 4.79 Å². The standard InChI is InChI=1S/C18H37N5O4.HI/c1-8-18(9-2,23-16(25)27-17(3,4)5)13-22-15(19-6)21-12-14(24)20-10-11-26-7;/h8-13H2,1-7H3,(H,20,24)(H,23,25)(H2,19,21,22);1H. The number of nitrogens with one attached hydrogen (secondary N) is 4. The minimum Gasteiger partial charge on any atom is -0.444 e. The first-order valence-corrected chi connectivity index (χ1v) is 9.32. The average molecular weight is 515 g/mol. The molecule has 0 aliphatic heterocycles. The predicted molar refractivity (Wildman–Crippen MR) is 122 cm³/mol. The summed E-state index contributed by atoms with van der Waals surface area (Å²) in [6.07, 6.45) is 0.975. The molecule has 0 saturated heterocycles. The molecule has 0 aliphatic carbocycles. The lowest BCUT2D eigenvalue weighted by Gasteiger charge is -2.34. The van der Waals surface area contributed by atoms with Crippen LogP contribution in [0.1, 0.15) is 47.5 Å². The molecule has 0 atom stereocenters. The van der Waals surface area contributed by atoms with Gasteiger partial charge in [0, 0.05) is 27.2 Å². The highest BCUT2D eigenvalue weighted by Gasteiger charge is 2.30. The van der Waals surface area contributed by atoms with Gasteiger partial charge >= 0.3 is 6.09 Å². The summed E-state index contributed by atoms with van der Waals surface area (Å²) in [5.74, 6) is 0.327. The van der Waals surface area contributed by atoms with E-state index in [9.17, 15) is 9.59 Å². The Hall–Kier alpha value is -1.30. The van der Waals surface area contributed by atoms with E-state index in [4.69, 9.17) is 9.47 Å². The molecule has 9 nitrogen and oxygen atoms in total. The molecule has 28 heavy (non-hydrogen) atoms. The first-order valence-electron chi connectivity index (χ1n) is 9.32. The van der Waals surface area contributed by atoms with E-state index in [2.05, 4.69) is 26.3 Å². The van der Waals surface area contributed by atoms with Gasteiger partial charge in [0.15, 0.2) is 5.96 Å². The lowest BCUT2D eigenvalue weighted by molar-refractivity contribution is -0.120. The molecule has 0 rings (SSSR count). The molecule has 166 valence electrons. The van der Waals surface area contributed by atoms with Crippen LogP contribution < -0.4 is 21.3 Å². The van der Waals surface area contributed by atoms with Crippen molar-refractivity contribution in [2.75, 3.05) is 40.4 Å². The number of amides is 2. The van der Waals surface area contributed by atoms with Crippen LogP contribution >= 0.6 is 24.0 Å². The number of halogens is 1. The van der Waals surface area contributed by atoms with Gasteiger partial charge in [-0.2, -0.15) is 0 Å². The number of aliphatic imine (C=N–C) groups is 1. The second-order valence-corrected chi connectivity index (χ2v) is 7.24. The summed E-state index contributed by atoms with van der Waals surface area (Å²) >= 11 is 0. The number of alkyl carbamates (subject to hydrolysis) is 1. The largest absolute Gasteiger partial charge is 0.444 e. The Morgan fingerprint density at radius 2 is 1.64 bits per heavy atom. The van der Waals surface area contributed by atoms with E-state index in [1.54, 1.807) is 14.2 Å². The Labute approximate surface area is 186 Å². The Kier molecular flexibility index (Phi) is 15.1. The van der Waals surface area contributed by atoms with E-state index >= 15 is 0 Å². The minimum atomic E-state index is -0.557. The van der Waals surface area contributed by atoms with Crippen LogP contribution in [0.25, 0.3) is 0 Å². The number of carbonyl (C=O) groups excluding carboxylic acids is 2. The molecule has 0 saturated carbocycles. The molecule has 0 aromatic carbocycles. The summed E-state index contributed by atoms with van der Waals surface area (Å²) in [7, 11) is 3.20. The van der Waals surface area contributed by atoms with Crippen LogP contribution in [0.2, 0.25) is 0 Å². The van der Waals surface area contributed by atoms with Gasteiger partial charge in [0.2, 0.25) is 5.91 Å². The minimum absolute atomic E-state index is 0. The van der Waals surface area contributed by atoms with Crippen molar-refractivity contribution in [3.05, 3.63) is 0 Å². The van der Waals surface area contributed by atoms with Crippen molar-refractivity contribution in [3.8, 4) is 0 Å². The molecule has 0 fully saturated rings. The van der Waals surface area contributed by atoms with Crippen molar-refractivity contribution in [1.29, 1.82) is 0 Å². The quantitative estimate of drug-likeness (QED) is 0.152. The molecule has 0 aromatic rings. The van der Waals surface area contributed by atoms with Crippen LogP contribution in [0.15, 0.2) is 4.99 Å². The lowest BCUT2D eigenvalue weighted by atomic mass is 9.93. The molecule has 0 heterocycles. The second kappa shape index (κ2) is 14.7. The van der Waals surface area contributed by atoms with Crippen LogP contribution in [-0.4, -0.2) is 69.5 Å². The second-order valence-electron chi connectivity index (χ2n) is 7.24. The van der Waals surface area contributed by atoms with Crippen LogP contribution in [0.4, 0.5) is 4.79 Å². The number of methoxy groups -OCH3 is 1. The van der Waals surface area contributed by atoms with Gasteiger partial charge < -0.3 is 30.7 Å². The molecule has 0 aliphatic rings. The number of nitrogens with zero attached hydrogens (tertiary/aromatic N) is 1. The third-order valence-corrected chi connectivity index (χ3v) is 3.98. The Morgan fingerprint density at radius 3 is 2.11 bits per heavy atom. The number of rotatable bonds is 10. The zero-order chi connectivity index (χ0) is 20.9. The highest BCUT2D eigenvalue weighted by atomic mass is 127. The monoisotopic (exact) mass is 515 g/mol. The number of ether oxygens (including phenoxy) is 2. The van der Waals surface area contributed by atoms with Gasteiger partial charge in [0.1, 0.15) is 5.60 Å². The van der Waals surface area contributed by atoms with Gasteiger partial charge in [-0.15, -0.1) is 24.0 Å². The Balaban J connectivity index is 0. The third-order valence-electron chi connectivity index (χ3n) is 3.98. The maximum Gasteiger partial charge on any atom is 0.408 e. The summed E-state index contributed by atoms with van der Waals surface area (Å²) in [5, 5.41) is 11.8. The predicted octanol–water partition coefficient (Wildman–Crippen LogP) is 1.62. The highest BCUT2D eigenvalue weighted by Crippen LogP contribution is 2.16. The lowest BCUT2D eigenvalue weighted by Crippen LogP contribution is -2.57. The fourth-order valence-corrected chi connectivity index (χ4v) is 2.23.